The van der Waals surface area contributed by atoms with Crippen LogP contribution in [0.3, 0.4) is 0 Å². The molecule has 0 spiro atoms. The number of aryl methyl sites for hydroxylation is 1. The van der Waals surface area contributed by atoms with E-state index in [-0.39, 0.29) is 37.9 Å². The first-order valence-corrected chi connectivity index (χ1v) is 29.1. The van der Waals surface area contributed by atoms with E-state index in [1.165, 1.54) is 136 Å². The average Bonchev–Trinajstić information content (AvgIpc) is 4.00. The van der Waals surface area contributed by atoms with Gasteiger partial charge in [-0.25, -0.2) is 0 Å². The Morgan fingerprint density at radius 1 is 0.360 bits per heavy atom. The van der Waals surface area contributed by atoms with Gasteiger partial charge in [-0.1, -0.05) is 170 Å². The minimum atomic E-state index is -0.148. The summed E-state index contributed by atoms with van der Waals surface area (Å²) in [6.45, 7) is 36.7. The van der Waals surface area contributed by atoms with Crippen molar-refractivity contribution in [2.45, 2.75) is 180 Å². The lowest BCUT2D eigenvalue weighted by molar-refractivity contribution is 0.332. The Balaban J connectivity index is 1.17. The molecular formula is C72H80N2S. The molecule has 1 heterocycles. The van der Waals surface area contributed by atoms with Gasteiger partial charge in [0.1, 0.15) is 0 Å². The van der Waals surface area contributed by atoms with Crippen molar-refractivity contribution in [3.8, 4) is 22.3 Å². The first-order chi connectivity index (χ1) is 35.3. The molecule has 0 amide bonds. The molecule has 4 aliphatic rings. The van der Waals surface area contributed by atoms with Crippen LogP contribution in [0.5, 0.6) is 0 Å². The molecule has 0 saturated heterocycles. The molecule has 0 aliphatic heterocycles. The lowest BCUT2D eigenvalue weighted by Crippen LogP contribution is -2.34. The van der Waals surface area contributed by atoms with Crippen LogP contribution in [0.15, 0.2) is 139 Å². The normalized spacial score (nSPS) is 19.6. The molecule has 8 aromatic rings. The van der Waals surface area contributed by atoms with Gasteiger partial charge >= 0.3 is 0 Å². The maximum atomic E-state index is 2.66. The summed E-state index contributed by atoms with van der Waals surface area (Å²) in [5, 5.41) is 3.80. The van der Waals surface area contributed by atoms with Crippen molar-refractivity contribution < 1.29 is 0 Å². The summed E-state index contributed by atoms with van der Waals surface area (Å²) in [6, 6.07) is 52.9. The number of thiophene rings is 1. The van der Waals surface area contributed by atoms with E-state index in [4.69, 9.17) is 0 Å². The van der Waals surface area contributed by atoms with Crippen LogP contribution in [0.2, 0.25) is 0 Å². The molecule has 0 N–H and O–H groups in total. The fourth-order valence-electron chi connectivity index (χ4n) is 14.4. The zero-order valence-electron chi connectivity index (χ0n) is 47.8. The number of anilines is 6. The third kappa shape index (κ3) is 7.90. The second-order valence-electron chi connectivity index (χ2n) is 27.9. The Hall–Kier alpha value is -5.90. The van der Waals surface area contributed by atoms with Gasteiger partial charge in [-0.3, -0.25) is 0 Å². The number of benzene rings is 7. The fourth-order valence-corrected chi connectivity index (χ4v) is 15.3. The van der Waals surface area contributed by atoms with Crippen LogP contribution >= 0.6 is 11.3 Å². The Morgan fingerprint density at radius 2 is 0.880 bits per heavy atom. The van der Waals surface area contributed by atoms with Gasteiger partial charge < -0.3 is 9.80 Å². The predicted octanol–water partition coefficient (Wildman–Crippen LogP) is 21.2. The van der Waals surface area contributed by atoms with E-state index in [0.717, 1.165) is 19.3 Å². The van der Waals surface area contributed by atoms with Crippen molar-refractivity contribution >= 4 is 55.5 Å². The predicted molar refractivity (Wildman–Crippen MR) is 325 cm³/mol. The number of nitrogens with zero attached hydrogens (tertiary/aromatic N) is 2. The highest BCUT2D eigenvalue weighted by molar-refractivity contribution is 7.17. The van der Waals surface area contributed by atoms with E-state index >= 15 is 0 Å². The molecule has 4 aliphatic carbocycles. The Bertz CT molecular complexity index is 3610. The molecule has 0 bridgehead atoms. The molecule has 0 saturated carbocycles. The Kier molecular flexibility index (Phi) is 11.2. The maximum Gasteiger partial charge on any atom is 0.0647 e. The maximum absolute atomic E-state index is 2.66. The largest absolute Gasteiger partial charge is 0.310 e. The highest BCUT2D eigenvalue weighted by atomic mass is 32.1. The van der Waals surface area contributed by atoms with E-state index in [9.17, 15) is 0 Å². The molecule has 1 aromatic heterocycles. The Labute approximate surface area is 454 Å². The molecule has 75 heavy (non-hydrogen) atoms. The molecule has 0 radical (unpaired) electrons. The van der Waals surface area contributed by atoms with E-state index < -0.39 is 0 Å². The standard InChI is InChI=1S/C72H80N2S/c1-45-36-48(73(47-28-29-54-56(39-47)67(4,5)31-30-66(54,2)3)62-42-59-57(68(6,7)32-34-70(59,10)11)40-51(62)46-22-17-16-18-23-46)38-49(37-45)74(61-27-21-26-55-65(61)50-24-19-20-25-53(50)72(55,14)15)63-44-75-64-43-60-58(41-52(63)64)69(8,9)33-35-71(60,12)13/h16-29,36-44H,30-35H2,1-15H3. The second kappa shape index (κ2) is 16.8. The highest BCUT2D eigenvalue weighted by Gasteiger charge is 2.43. The summed E-state index contributed by atoms with van der Waals surface area (Å²) < 4.78 is 1.36. The first kappa shape index (κ1) is 49.9. The third-order valence-corrected chi connectivity index (χ3v) is 20.5. The van der Waals surface area contributed by atoms with Crippen LogP contribution in [-0.2, 0) is 37.9 Å². The zero-order valence-corrected chi connectivity index (χ0v) is 48.6. The smallest absolute Gasteiger partial charge is 0.0647 e. The van der Waals surface area contributed by atoms with Crippen LogP contribution in [-0.4, -0.2) is 0 Å². The van der Waals surface area contributed by atoms with Crippen LogP contribution in [0, 0.1) is 6.92 Å². The van der Waals surface area contributed by atoms with E-state index in [0.29, 0.717) is 0 Å². The monoisotopic (exact) mass is 1000 g/mol. The van der Waals surface area contributed by atoms with Crippen molar-refractivity contribution in [3.63, 3.8) is 0 Å². The molecule has 384 valence electrons. The molecule has 12 rings (SSSR count). The van der Waals surface area contributed by atoms with Gasteiger partial charge in [-0.15, -0.1) is 11.3 Å². The van der Waals surface area contributed by atoms with Gasteiger partial charge in [-0.2, -0.15) is 0 Å². The zero-order chi connectivity index (χ0) is 53.0. The van der Waals surface area contributed by atoms with Crippen molar-refractivity contribution in [1.82, 2.24) is 0 Å². The summed E-state index contributed by atoms with van der Waals surface area (Å²) >= 11 is 1.91. The topological polar surface area (TPSA) is 6.48 Å². The van der Waals surface area contributed by atoms with Crippen molar-refractivity contribution in [3.05, 3.63) is 189 Å². The lowest BCUT2D eigenvalue weighted by atomic mass is 9.62. The van der Waals surface area contributed by atoms with E-state index in [1.807, 2.05) is 11.3 Å². The van der Waals surface area contributed by atoms with Crippen LogP contribution in [0.25, 0.3) is 32.3 Å². The van der Waals surface area contributed by atoms with E-state index in [2.05, 4.69) is 252 Å². The molecule has 0 unspecified atom stereocenters. The summed E-state index contributed by atoms with van der Waals surface area (Å²) in [4.78, 5) is 5.32. The molecule has 0 fully saturated rings. The summed E-state index contributed by atoms with van der Waals surface area (Å²) in [6.07, 6.45) is 7.03. The minimum absolute atomic E-state index is 0.0116. The minimum Gasteiger partial charge on any atom is -0.310 e. The lowest BCUT2D eigenvalue weighted by Gasteiger charge is -2.44. The summed E-state index contributed by atoms with van der Waals surface area (Å²) in [5.41, 5.74) is 25.6. The van der Waals surface area contributed by atoms with Gasteiger partial charge in [0.25, 0.3) is 0 Å². The van der Waals surface area contributed by atoms with Crippen molar-refractivity contribution in [2.24, 2.45) is 0 Å². The van der Waals surface area contributed by atoms with Gasteiger partial charge in [0, 0.05) is 49.1 Å². The van der Waals surface area contributed by atoms with Crippen LogP contribution < -0.4 is 9.80 Å². The first-order valence-electron chi connectivity index (χ1n) is 28.2. The number of rotatable bonds is 7. The highest BCUT2D eigenvalue weighted by Crippen LogP contribution is 2.58. The Morgan fingerprint density at radius 3 is 1.52 bits per heavy atom. The van der Waals surface area contributed by atoms with Gasteiger partial charge in [0.2, 0.25) is 0 Å². The van der Waals surface area contributed by atoms with Crippen LogP contribution in [0.1, 0.15) is 186 Å². The SMILES string of the molecule is Cc1cc(N(c2ccc3c(c2)C(C)(C)CCC3(C)C)c2cc3c(cc2-c2ccccc2)C(C)(C)CCC3(C)C)cc(N(c2cccc3c2-c2ccccc2C3(C)C)c2csc3cc4c(cc23)C(C)(C)CCC4(C)C)c1. The van der Waals surface area contributed by atoms with Crippen molar-refractivity contribution in [1.29, 1.82) is 0 Å². The summed E-state index contributed by atoms with van der Waals surface area (Å²) in [7, 11) is 0. The number of hydrogen-bond donors (Lipinski definition) is 0. The number of fused-ring (bicyclic) bond motifs is 7. The van der Waals surface area contributed by atoms with E-state index in [1.54, 1.807) is 0 Å². The molecular weight excluding hydrogens is 925 g/mol. The van der Waals surface area contributed by atoms with Crippen molar-refractivity contribution in [2.75, 3.05) is 9.80 Å². The van der Waals surface area contributed by atoms with Crippen LogP contribution in [0.4, 0.5) is 34.1 Å². The molecule has 3 heteroatoms. The molecule has 7 aromatic carbocycles. The van der Waals surface area contributed by atoms with Gasteiger partial charge in [0.15, 0.2) is 0 Å². The van der Waals surface area contributed by atoms with Gasteiger partial charge in [-0.05, 0) is 200 Å². The number of hydrogen-bond acceptors (Lipinski definition) is 3. The molecule has 2 nitrogen and oxygen atoms in total. The molecule has 0 atom stereocenters. The quantitative estimate of drug-likeness (QED) is 0.157. The second-order valence-corrected chi connectivity index (χ2v) is 28.8. The fraction of sp³-hybridized carbons (Fsp3) is 0.389. The summed E-state index contributed by atoms with van der Waals surface area (Å²) in [5.74, 6) is 0. The third-order valence-electron chi connectivity index (χ3n) is 19.5. The average molecular weight is 1010 g/mol. The van der Waals surface area contributed by atoms with Gasteiger partial charge in [0.05, 0.1) is 17.1 Å².